The lowest BCUT2D eigenvalue weighted by molar-refractivity contribution is 0.337. The van der Waals surface area contributed by atoms with Crippen molar-refractivity contribution in [1.82, 2.24) is 10.6 Å². The monoisotopic (exact) mass is 262 g/mol. The Bertz CT molecular complexity index is 400. The molecule has 1 aromatic rings. The maximum absolute atomic E-state index is 5.61. The Kier molecular flexibility index (Phi) is 5.23. The zero-order valence-electron chi connectivity index (χ0n) is 12.3. The van der Waals surface area contributed by atoms with Crippen LogP contribution < -0.4 is 15.4 Å². The number of nitrogens with one attached hydrogen (secondary N) is 2. The average molecular weight is 262 g/mol. The van der Waals surface area contributed by atoms with Crippen molar-refractivity contribution in [2.75, 3.05) is 26.7 Å². The van der Waals surface area contributed by atoms with Crippen LogP contribution in [0.15, 0.2) is 18.2 Å². The number of rotatable bonds is 6. The van der Waals surface area contributed by atoms with Gasteiger partial charge in [-0.15, -0.1) is 0 Å². The Labute approximate surface area is 116 Å². The topological polar surface area (TPSA) is 33.3 Å². The van der Waals surface area contributed by atoms with Gasteiger partial charge in [0.15, 0.2) is 0 Å². The summed E-state index contributed by atoms with van der Waals surface area (Å²) in [5.74, 6) is 1.80. The molecule has 0 aromatic heterocycles. The average Bonchev–Trinajstić information content (AvgIpc) is 2.91. The molecular weight excluding hydrogens is 236 g/mol. The van der Waals surface area contributed by atoms with Crippen molar-refractivity contribution >= 4 is 0 Å². The van der Waals surface area contributed by atoms with Gasteiger partial charge in [-0.05, 0) is 69.9 Å². The van der Waals surface area contributed by atoms with E-state index >= 15 is 0 Å². The molecule has 0 radical (unpaired) electrons. The highest BCUT2D eigenvalue weighted by Gasteiger charge is 2.20. The maximum atomic E-state index is 5.61. The molecule has 19 heavy (non-hydrogen) atoms. The van der Waals surface area contributed by atoms with Gasteiger partial charge in [-0.3, -0.25) is 0 Å². The number of aryl methyl sites for hydroxylation is 1. The molecule has 2 N–H and O–H groups in total. The van der Waals surface area contributed by atoms with Crippen molar-refractivity contribution < 1.29 is 4.74 Å². The van der Waals surface area contributed by atoms with Crippen molar-refractivity contribution in [3.63, 3.8) is 0 Å². The van der Waals surface area contributed by atoms with Gasteiger partial charge in [0.25, 0.3) is 0 Å². The van der Waals surface area contributed by atoms with E-state index in [1.807, 2.05) is 6.92 Å². The molecule has 0 bridgehead atoms. The van der Waals surface area contributed by atoms with Crippen LogP contribution in [0.25, 0.3) is 0 Å². The molecule has 2 atom stereocenters. The molecule has 1 aromatic carbocycles. The predicted octanol–water partition coefficient (Wildman–Crippen LogP) is 2.65. The van der Waals surface area contributed by atoms with E-state index in [0.29, 0.717) is 6.04 Å². The van der Waals surface area contributed by atoms with E-state index in [-0.39, 0.29) is 0 Å². The fraction of sp³-hybridized carbons (Fsp3) is 0.625. The first kappa shape index (κ1) is 14.4. The van der Waals surface area contributed by atoms with Crippen LogP contribution in [0.5, 0.6) is 5.75 Å². The summed E-state index contributed by atoms with van der Waals surface area (Å²) in [6, 6.07) is 7.00. The van der Waals surface area contributed by atoms with Gasteiger partial charge in [-0.1, -0.05) is 12.1 Å². The van der Waals surface area contributed by atoms with E-state index in [1.165, 1.54) is 30.5 Å². The summed E-state index contributed by atoms with van der Waals surface area (Å²) < 4.78 is 5.61. The van der Waals surface area contributed by atoms with Gasteiger partial charge in [-0.2, -0.15) is 0 Å². The Morgan fingerprint density at radius 1 is 1.47 bits per heavy atom. The minimum atomic E-state index is 0.444. The van der Waals surface area contributed by atoms with Crippen LogP contribution in [-0.4, -0.2) is 26.7 Å². The molecule has 2 unspecified atom stereocenters. The van der Waals surface area contributed by atoms with Gasteiger partial charge in [-0.25, -0.2) is 0 Å². The minimum absolute atomic E-state index is 0.444. The Balaban J connectivity index is 2.06. The molecule has 3 heteroatoms. The van der Waals surface area contributed by atoms with Gasteiger partial charge in [0.1, 0.15) is 5.75 Å². The van der Waals surface area contributed by atoms with Crippen LogP contribution in [0.2, 0.25) is 0 Å². The van der Waals surface area contributed by atoms with Gasteiger partial charge >= 0.3 is 0 Å². The molecule has 3 nitrogen and oxygen atoms in total. The summed E-state index contributed by atoms with van der Waals surface area (Å²) in [6.07, 6.45) is 2.51. The number of ether oxygens (including phenoxy) is 1. The molecule has 1 heterocycles. The van der Waals surface area contributed by atoms with Gasteiger partial charge < -0.3 is 15.4 Å². The van der Waals surface area contributed by atoms with E-state index in [9.17, 15) is 0 Å². The lowest BCUT2D eigenvalue weighted by atomic mass is 9.93. The molecule has 1 saturated heterocycles. The fourth-order valence-electron chi connectivity index (χ4n) is 2.88. The van der Waals surface area contributed by atoms with E-state index in [2.05, 4.69) is 42.8 Å². The third-order valence-corrected chi connectivity index (χ3v) is 3.98. The van der Waals surface area contributed by atoms with Crippen LogP contribution in [0, 0.1) is 12.8 Å². The third kappa shape index (κ3) is 3.71. The number of benzene rings is 1. The van der Waals surface area contributed by atoms with E-state index in [4.69, 9.17) is 4.74 Å². The number of hydrogen-bond donors (Lipinski definition) is 2. The summed E-state index contributed by atoms with van der Waals surface area (Å²) in [7, 11) is 2.05. The second-order valence-electron chi connectivity index (χ2n) is 5.39. The normalized spacial score (nSPS) is 20.5. The summed E-state index contributed by atoms with van der Waals surface area (Å²) in [5, 5.41) is 6.90. The van der Waals surface area contributed by atoms with Crippen molar-refractivity contribution in [2.24, 2.45) is 5.92 Å². The quantitative estimate of drug-likeness (QED) is 0.827. The molecule has 1 aliphatic rings. The first-order valence-electron chi connectivity index (χ1n) is 7.36. The summed E-state index contributed by atoms with van der Waals surface area (Å²) in [6.45, 7) is 7.20. The second-order valence-corrected chi connectivity index (χ2v) is 5.39. The third-order valence-electron chi connectivity index (χ3n) is 3.98. The van der Waals surface area contributed by atoms with Crippen molar-refractivity contribution in [3.8, 4) is 5.75 Å². The molecule has 1 fully saturated rings. The van der Waals surface area contributed by atoms with Gasteiger partial charge in [0.2, 0.25) is 0 Å². The highest BCUT2D eigenvalue weighted by Crippen LogP contribution is 2.28. The molecule has 0 aliphatic carbocycles. The lowest BCUT2D eigenvalue weighted by Crippen LogP contribution is -2.21. The lowest BCUT2D eigenvalue weighted by Gasteiger charge is -2.21. The van der Waals surface area contributed by atoms with Crippen LogP contribution in [-0.2, 0) is 0 Å². The fourth-order valence-corrected chi connectivity index (χ4v) is 2.88. The highest BCUT2D eigenvalue weighted by molar-refractivity contribution is 5.37. The maximum Gasteiger partial charge on any atom is 0.122 e. The molecule has 1 aliphatic heterocycles. The van der Waals surface area contributed by atoms with E-state index in [0.717, 1.165) is 24.8 Å². The van der Waals surface area contributed by atoms with Gasteiger partial charge in [0, 0.05) is 6.04 Å². The highest BCUT2D eigenvalue weighted by atomic mass is 16.5. The zero-order chi connectivity index (χ0) is 13.7. The smallest absolute Gasteiger partial charge is 0.122 e. The summed E-state index contributed by atoms with van der Waals surface area (Å²) in [4.78, 5) is 0. The molecule has 0 amide bonds. The van der Waals surface area contributed by atoms with Crippen molar-refractivity contribution in [3.05, 3.63) is 29.3 Å². The summed E-state index contributed by atoms with van der Waals surface area (Å²) in [5.41, 5.74) is 2.60. The second kappa shape index (κ2) is 6.92. The molecule has 2 rings (SSSR count). The Morgan fingerprint density at radius 2 is 2.32 bits per heavy atom. The van der Waals surface area contributed by atoms with E-state index in [1.54, 1.807) is 0 Å². The molecular formula is C16H26N2O. The van der Waals surface area contributed by atoms with Crippen LogP contribution in [0.1, 0.15) is 36.9 Å². The van der Waals surface area contributed by atoms with Crippen LogP contribution in [0.3, 0.4) is 0 Å². The van der Waals surface area contributed by atoms with Crippen molar-refractivity contribution in [1.29, 1.82) is 0 Å². The van der Waals surface area contributed by atoms with Gasteiger partial charge in [0.05, 0.1) is 6.61 Å². The Hall–Kier alpha value is -1.06. The van der Waals surface area contributed by atoms with Crippen LogP contribution in [0.4, 0.5) is 0 Å². The van der Waals surface area contributed by atoms with Crippen molar-refractivity contribution in [2.45, 2.75) is 32.7 Å². The van der Waals surface area contributed by atoms with Crippen LogP contribution >= 0.6 is 0 Å². The first-order valence-corrected chi connectivity index (χ1v) is 7.36. The minimum Gasteiger partial charge on any atom is -0.494 e. The molecule has 0 spiro atoms. The Morgan fingerprint density at radius 3 is 2.89 bits per heavy atom. The largest absolute Gasteiger partial charge is 0.494 e. The standard InChI is InChI=1S/C16H26N2O/c1-4-19-16-6-5-14(9-12(16)2)15(17-3)10-13-7-8-18-11-13/h5-6,9,13,15,17-18H,4,7-8,10-11H2,1-3H3. The zero-order valence-corrected chi connectivity index (χ0v) is 12.3. The first-order chi connectivity index (χ1) is 9.24. The SMILES string of the molecule is CCOc1ccc(C(CC2CCNC2)NC)cc1C. The van der Waals surface area contributed by atoms with E-state index < -0.39 is 0 Å². The number of hydrogen-bond acceptors (Lipinski definition) is 3. The summed E-state index contributed by atoms with van der Waals surface area (Å²) >= 11 is 0. The molecule has 106 valence electrons. The predicted molar refractivity (Wildman–Crippen MR) is 79.7 cm³/mol. The molecule has 0 saturated carbocycles.